The zero-order chi connectivity index (χ0) is 12.3. The number of nitrogens with zero attached hydrogens (tertiary/aromatic N) is 1. The summed E-state index contributed by atoms with van der Waals surface area (Å²) in [6.45, 7) is 14.5. The second-order valence-electron chi connectivity index (χ2n) is 6.72. The van der Waals surface area contributed by atoms with E-state index in [9.17, 15) is 4.79 Å². The molecule has 2 nitrogen and oxygen atoms in total. The number of hydrogen-bond acceptors (Lipinski definition) is 2. The normalized spacial score (nSPS) is 13.3. The van der Waals surface area contributed by atoms with Crippen molar-refractivity contribution in [2.45, 2.75) is 48.0 Å². The lowest BCUT2D eigenvalue weighted by molar-refractivity contribution is -0.126. The number of hydrogen-bond donors (Lipinski definition) is 0. The maximum absolute atomic E-state index is 11.7. The predicted molar refractivity (Wildman–Crippen MR) is 66.0 cm³/mol. The average Bonchev–Trinajstić information content (AvgIpc) is 1.94. The van der Waals surface area contributed by atoms with Crippen molar-refractivity contribution in [3.05, 3.63) is 0 Å². The molecule has 0 fully saturated rings. The summed E-state index contributed by atoms with van der Waals surface area (Å²) < 4.78 is 0. The molecule has 0 rings (SSSR count). The van der Waals surface area contributed by atoms with E-state index < -0.39 is 0 Å². The van der Waals surface area contributed by atoms with Gasteiger partial charge in [-0.05, 0) is 12.5 Å². The van der Waals surface area contributed by atoms with Gasteiger partial charge in [0.15, 0.2) is 0 Å². The Balaban J connectivity index is 3.92. The molecule has 0 aliphatic carbocycles. The van der Waals surface area contributed by atoms with Crippen LogP contribution in [0.3, 0.4) is 0 Å². The van der Waals surface area contributed by atoms with Gasteiger partial charge in [0.05, 0.1) is 0 Å². The van der Waals surface area contributed by atoms with Crippen LogP contribution in [0.25, 0.3) is 0 Å². The van der Waals surface area contributed by atoms with E-state index in [1.54, 1.807) is 0 Å². The van der Waals surface area contributed by atoms with Gasteiger partial charge in [-0.15, -0.1) is 0 Å². The number of ketones is 1. The van der Waals surface area contributed by atoms with Crippen LogP contribution in [-0.4, -0.2) is 30.8 Å². The van der Waals surface area contributed by atoms with Gasteiger partial charge in [0.2, 0.25) is 0 Å². The molecule has 0 aromatic carbocycles. The van der Waals surface area contributed by atoms with Crippen molar-refractivity contribution in [3.63, 3.8) is 0 Å². The van der Waals surface area contributed by atoms with Crippen molar-refractivity contribution >= 4 is 5.78 Å². The van der Waals surface area contributed by atoms with Crippen molar-refractivity contribution in [3.8, 4) is 0 Å². The minimum absolute atomic E-state index is 0.192. The monoisotopic (exact) mass is 213 g/mol. The lowest BCUT2D eigenvalue weighted by atomic mass is 9.89. The van der Waals surface area contributed by atoms with Gasteiger partial charge < -0.3 is 4.90 Å². The first kappa shape index (κ1) is 14.6. The van der Waals surface area contributed by atoms with Crippen LogP contribution in [-0.2, 0) is 4.79 Å². The average molecular weight is 213 g/mol. The third kappa shape index (κ3) is 7.55. The number of Topliss-reactive ketones (excluding diaryl/α,β-unsaturated/α-hetero) is 1. The summed E-state index contributed by atoms with van der Waals surface area (Å²) in [4.78, 5) is 13.9. The highest BCUT2D eigenvalue weighted by atomic mass is 16.1. The molecule has 0 heterocycles. The topological polar surface area (TPSA) is 20.3 Å². The van der Waals surface area contributed by atoms with Gasteiger partial charge in [-0.1, -0.05) is 41.5 Å². The second-order valence-corrected chi connectivity index (χ2v) is 6.72. The van der Waals surface area contributed by atoms with Crippen LogP contribution in [0.4, 0.5) is 0 Å². The first-order valence-electron chi connectivity index (χ1n) is 5.74. The van der Waals surface area contributed by atoms with Crippen LogP contribution in [0.2, 0.25) is 0 Å². The summed E-state index contributed by atoms with van der Waals surface area (Å²) >= 11 is 0. The smallest absolute Gasteiger partial charge is 0.139 e. The molecule has 0 saturated heterocycles. The molecule has 0 N–H and O–H groups in total. The molecule has 15 heavy (non-hydrogen) atoms. The van der Waals surface area contributed by atoms with Gasteiger partial charge >= 0.3 is 0 Å². The van der Waals surface area contributed by atoms with Crippen molar-refractivity contribution in [2.75, 3.05) is 20.1 Å². The van der Waals surface area contributed by atoms with Crippen LogP contribution in [0.5, 0.6) is 0 Å². The highest BCUT2D eigenvalue weighted by molar-refractivity contribution is 5.83. The van der Waals surface area contributed by atoms with E-state index in [0.29, 0.717) is 17.6 Å². The number of rotatable bonds is 4. The van der Waals surface area contributed by atoms with E-state index >= 15 is 0 Å². The fourth-order valence-corrected chi connectivity index (χ4v) is 1.56. The van der Waals surface area contributed by atoms with Crippen molar-refractivity contribution in [1.29, 1.82) is 0 Å². The zero-order valence-electron chi connectivity index (χ0n) is 11.5. The summed E-state index contributed by atoms with van der Waals surface area (Å²) in [6.07, 6.45) is 0.663. The van der Waals surface area contributed by atoms with Crippen LogP contribution >= 0.6 is 0 Å². The Morgan fingerprint density at radius 1 is 1.07 bits per heavy atom. The molecule has 0 atom stereocenters. The molecule has 0 radical (unpaired) electrons. The van der Waals surface area contributed by atoms with Crippen LogP contribution in [0.1, 0.15) is 48.0 Å². The van der Waals surface area contributed by atoms with Gasteiger partial charge in [-0.2, -0.15) is 0 Å². The van der Waals surface area contributed by atoms with Gasteiger partial charge in [0, 0.05) is 24.9 Å². The van der Waals surface area contributed by atoms with Gasteiger partial charge in [0.25, 0.3) is 0 Å². The molecule has 2 heteroatoms. The minimum Gasteiger partial charge on any atom is -0.305 e. The van der Waals surface area contributed by atoms with E-state index in [4.69, 9.17) is 0 Å². The fourth-order valence-electron chi connectivity index (χ4n) is 1.56. The maximum Gasteiger partial charge on any atom is 0.139 e. The summed E-state index contributed by atoms with van der Waals surface area (Å²) in [5.74, 6) is 0.350. The molecule has 0 spiro atoms. The largest absolute Gasteiger partial charge is 0.305 e. The van der Waals surface area contributed by atoms with E-state index in [2.05, 4.69) is 32.7 Å². The van der Waals surface area contributed by atoms with Crippen molar-refractivity contribution < 1.29 is 4.79 Å². The highest BCUT2D eigenvalue weighted by Gasteiger charge is 2.21. The predicted octanol–water partition coefficient (Wildman–Crippen LogP) is 2.97. The molecule has 0 aliphatic heterocycles. The SMILES string of the molecule is CN(CCC(=O)C(C)(C)C)CC(C)(C)C. The van der Waals surface area contributed by atoms with Gasteiger partial charge in [-0.3, -0.25) is 4.79 Å². The van der Waals surface area contributed by atoms with Crippen LogP contribution < -0.4 is 0 Å². The Bertz CT molecular complexity index is 208. The molecular formula is C13H27NO. The molecule has 0 aromatic rings. The Morgan fingerprint density at radius 3 is 1.87 bits per heavy atom. The second kappa shape index (κ2) is 5.11. The molecule has 90 valence electrons. The summed E-state index contributed by atoms with van der Waals surface area (Å²) in [6, 6.07) is 0. The van der Waals surface area contributed by atoms with Gasteiger partial charge in [0.1, 0.15) is 5.78 Å². The highest BCUT2D eigenvalue weighted by Crippen LogP contribution is 2.18. The summed E-state index contributed by atoms with van der Waals surface area (Å²) in [5.41, 5.74) is 0.113. The molecule has 0 aliphatic rings. The first-order chi connectivity index (χ1) is 6.52. The van der Waals surface area contributed by atoms with Crippen molar-refractivity contribution in [2.24, 2.45) is 10.8 Å². The van der Waals surface area contributed by atoms with E-state index in [-0.39, 0.29) is 5.41 Å². The summed E-state index contributed by atoms with van der Waals surface area (Å²) in [5, 5.41) is 0. The summed E-state index contributed by atoms with van der Waals surface area (Å²) in [7, 11) is 2.08. The first-order valence-corrected chi connectivity index (χ1v) is 5.74. The van der Waals surface area contributed by atoms with Gasteiger partial charge in [-0.25, -0.2) is 0 Å². The molecular weight excluding hydrogens is 186 g/mol. The van der Waals surface area contributed by atoms with Crippen LogP contribution in [0, 0.1) is 10.8 Å². The third-order valence-electron chi connectivity index (χ3n) is 2.30. The molecule has 0 aromatic heterocycles. The van der Waals surface area contributed by atoms with E-state index in [1.807, 2.05) is 20.8 Å². The lowest BCUT2D eigenvalue weighted by Gasteiger charge is -2.27. The van der Waals surface area contributed by atoms with Crippen LogP contribution in [0.15, 0.2) is 0 Å². The standard InChI is InChI=1S/C13H27NO/c1-12(2,3)10-14(7)9-8-11(15)13(4,5)6/h8-10H2,1-7H3. The molecule has 0 amide bonds. The minimum atomic E-state index is -0.192. The van der Waals surface area contributed by atoms with E-state index in [1.165, 1.54) is 0 Å². The third-order valence-corrected chi connectivity index (χ3v) is 2.30. The Hall–Kier alpha value is -0.370. The van der Waals surface area contributed by atoms with E-state index in [0.717, 1.165) is 13.1 Å². The quantitative estimate of drug-likeness (QED) is 0.715. The maximum atomic E-state index is 11.7. The Morgan fingerprint density at radius 2 is 1.53 bits per heavy atom. The Kier molecular flexibility index (Phi) is 4.98. The molecule has 0 bridgehead atoms. The van der Waals surface area contributed by atoms with Crippen molar-refractivity contribution in [1.82, 2.24) is 4.90 Å². The number of carbonyl (C=O) groups is 1. The number of carbonyl (C=O) groups excluding carboxylic acids is 1. The lowest BCUT2D eigenvalue weighted by Crippen LogP contribution is -2.32. The Labute approximate surface area is 95.0 Å². The molecule has 0 unspecified atom stereocenters. The fraction of sp³-hybridized carbons (Fsp3) is 0.923. The molecule has 0 saturated carbocycles. The zero-order valence-corrected chi connectivity index (χ0v) is 11.5.